The van der Waals surface area contributed by atoms with Gasteiger partial charge >= 0.3 is 0 Å². The van der Waals surface area contributed by atoms with Gasteiger partial charge in [-0.1, -0.05) is 36.0 Å². The first-order valence-corrected chi connectivity index (χ1v) is 10.4. The lowest BCUT2D eigenvalue weighted by molar-refractivity contribution is -0.134. The van der Waals surface area contributed by atoms with Gasteiger partial charge in [-0.15, -0.1) is 10.2 Å². The zero-order chi connectivity index (χ0) is 20.1. The van der Waals surface area contributed by atoms with Gasteiger partial charge in [0.2, 0.25) is 16.9 Å². The number of rotatable bonds is 8. The molecule has 0 spiro atoms. The lowest BCUT2D eigenvalue weighted by atomic mass is 10.1. The molecule has 1 aliphatic heterocycles. The van der Waals surface area contributed by atoms with E-state index in [-0.39, 0.29) is 24.2 Å². The summed E-state index contributed by atoms with van der Waals surface area (Å²) >= 11 is 1.41. The minimum Gasteiger partial charge on any atom is -0.494 e. The summed E-state index contributed by atoms with van der Waals surface area (Å²) in [6.45, 7) is 5.54. The highest BCUT2D eigenvalue weighted by atomic mass is 32.1. The molecule has 1 aromatic carbocycles. The van der Waals surface area contributed by atoms with Crippen LogP contribution in [0.1, 0.15) is 30.3 Å². The minimum absolute atomic E-state index is 0.00795. The quantitative estimate of drug-likeness (QED) is 0.635. The molecule has 0 aliphatic carbocycles. The summed E-state index contributed by atoms with van der Waals surface area (Å²) in [5.41, 5.74) is 1.19. The van der Waals surface area contributed by atoms with Crippen molar-refractivity contribution in [2.45, 2.75) is 33.1 Å². The predicted molar refractivity (Wildman–Crippen MR) is 109 cm³/mol. The Hall–Kier alpha value is -2.48. The van der Waals surface area contributed by atoms with Crippen LogP contribution in [-0.2, 0) is 16.0 Å². The van der Waals surface area contributed by atoms with Crippen molar-refractivity contribution < 1.29 is 14.3 Å². The van der Waals surface area contributed by atoms with Gasteiger partial charge in [0.15, 0.2) is 0 Å². The Kier molecular flexibility index (Phi) is 6.61. The van der Waals surface area contributed by atoms with Crippen molar-refractivity contribution >= 4 is 28.3 Å². The zero-order valence-corrected chi connectivity index (χ0v) is 17.4. The van der Waals surface area contributed by atoms with Crippen molar-refractivity contribution in [3.63, 3.8) is 0 Å². The standard InChI is InChI=1S/C20H26N4O3S/c1-4-17-21-22-20(28-17)24-13-15(12-18(24)25)19(26)23(3)10-5-11-27-16-8-6-14(2)7-9-16/h6-9,15H,4-5,10-13H2,1-3H3. The van der Waals surface area contributed by atoms with Crippen LogP contribution in [0.15, 0.2) is 24.3 Å². The van der Waals surface area contributed by atoms with E-state index < -0.39 is 0 Å². The maximum atomic E-state index is 12.7. The number of carbonyl (C=O) groups excluding carboxylic acids is 2. The van der Waals surface area contributed by atoms with Crippen molar-refractivity contribution in [1.82, 2.24) is 15.1 Å². The van der Waals surface area contributed by atoms with Gasteiger partial charge in [-0.05, 0) is 31.9 Å². The summed E-state index contributed by atoms with van der Waals surface area (Å²) in [4.78, 5) is 28.3. The van der Waals surface area contributed by atoms with Crippen LogP contribution in [-0.4, -0.2) is 53.7 Å². The molecule has 8 heteroatoms. The van der Waals surface area contributed by atoms with E-state index >= 15 is 0 Å². The predicted octanol–water partition coefficient (Wildman–Crippen LogP) is 2.69. The van der Waals surface area contributed by atoms with Gasteiger partial charge in [0.1, 0.15) is 10.8 Å². The number of anilines is 1. The summed E-state index contributed by atoms with van der Waals surface area (Å²) < 4.78 is 5.71. The van der Waals surface area contributed by atoms with E-state index in [1.54, 1.807) is 16.8 Å². The van der Waals surface area contributed by atoms with Crippen molar-refractivity contribution in [2.24, 2.45) is 5.92 Å². The fourth-order valence-electron chi connectivity index (χ4n) is 3.10. The first-order valence-electron chi connectivity index (χ1n) is 9.55. The van der Waals surface area contributed by atoms with E-state index in [0.29, 0.717) is 24.8 Å². The molecule has 1 aromatic heterocycles. The number of aromatic nitrogens is 2. The lowest BCUT2D eigenvalue weighted by Gasteiger charge is -2.21. The number of aryl methyl sites for hydroxylation is 2. The molecule has 3 rings (SSSR count). The highest BCUT2D eigenvalue weighted by molar-refractivity contribution is 7.15. The van der Waals surface area contributed by atoms with E-state index in [1.165, 1.54) is 16.9 Å². The van der Waals surface area contributed by atoms with Crippen LogP contribution in [0.2, 0.25) is 0 Å². The van der Waals surface area contributed by atoms with E-state index in [4.69, 9.17) is 4.74 Å². The largest absolute Gasteiger partial charge is 0.494 e. The first-order chi connectivity index (χ1) is 13.5. The molecule has 1 atom stereocenters. The van der Waals surface area contributed by atoms with Crippen LogP contribution in [0.25, 0.3) is 0 Å². The fourth-order valence-corrected chi connectivity index (χ4v) is 3.91. The molecular formula is C20H26N4O3S. The number of nitrogens with zero attached hydrogens (tertiary/aromatic N) is 4. The van der Waals surface area contributed by atoms with E-state index in [0.717, 1.165) is 23.6 Å². The Bertz CT molecular complexity index is 821. The molecule has 1 saturated heterocycles. The molecule has 1 unspecified atom stereocenters. The highest BCUT2D eigenvalue weighted by Crippen LogP contribution is 2.28. The van der Waals surface area contributed by atoms with Crippen LogP contribution in [0.5, 0.6) is 5.75 Å². The Morgan fingerprint density at radius 1 is 1.32 bits per heavy atom. The van der Waals surface area contributed by atoms with Gasteiger partial charge in [-0.25, -0.2) is 0 Å². The van der Waals surface area contributed by atoms with E-state index in [1.807, 2.05) is 38.1 Å². The Morgan fingerprint density at radius 3 is 2.75 bits per heavy atom. The summed E-state index contributed by atoms with van der Waals surface area (Å²) in [7, 11) is 1.78. The molecule has 2 heterocycles. The first kappa shape index (κ1) is 20.3. The highest BCUT2D eigenvalue weighted by Gasteiger charge is 2.37. The normalized spacial score (nSPS) is 16.5. The van der Waals surface area contributed by atoms with Crippen LogP contribution in [0, 0.1) is 12.8 Å². The van der Waals surface area contributed by atoms with Gasteiger partial charge in [-0.3, -0.25) is 14.5 Å². The number of ether oxygens (including phenoxy) is 1. The maximum absolute atomic E-state index is 12.7. The van der Waals surface area contributed by atoms with Crippen LogP contribution in [0.4, 0.5) is 5.13 Å². The van der Waals surface area contributed by atoms with Crippen LogP contribution in [0.3, 0.4) is 0 Å². The second-order valence-electron chi connectivity index (χ2n) is 7.01. The van der Waals surface area contributed by atoms with E-state index in [9.17, 15) is 9.59 Å². The van der Waals surface area contributed by atoms with Crippen molar-refractivity contribution in [3.05, 3.63) is 34.8 Å². The van der Waals surface area contributed by atoms with Crippen molar-refractivity contribution in [1.29, 1.82) is 0 Å². The molecule has 1 aliphatic rings. The molecule has 0 N–H and O–H groups in total. The molecule has 150 valence electrons. The van der Waals surface area contributed by atoms with Gasteiger partial charge in [0, 0.05) is 26.6 Å². The number of benzene rings is 1. The fraction of sp³-hybridized carbons (Fsp3) is 0.500. The molecule has 2 amide bonds. The van der Waals surface area contributed by atoms with Crippen molar-refractivity contribution in [3.8, 4) is 5.75 Å². The lowest BCUT2D eigenvalue weighted by Crippen LogP contribution is -2.35. The third kappa shape index (κ3) is 4.86. The topological polar surface area (TPSA) is 75.6 Å². The minimum atomic E-state index is -0.329. The number of hydrogen-bond acceptors (Lipinski definition) is 6. The van der Waals surface area contributed by atoms with E-state index in [2.05, 4.69) is 10.2 Å². The molecule has 2 aromatic rings. The molecule has 0 radical (unpaired) electrons. The summed E-state index contributed by atoms with van der Waals surface area (Å²) in [6, 6.07) is 7.91. The van der Waals surface area contributed by atoms with Gasteiger partial charge < -0.3 is 9.64 Å². The Balaban J connectivity index is 1.45. The van der Waals surface area contributed by atoms with Gasteiger partial charge in [0.05, 0.1) is 12.5 Å². The Labute approximate surface area is 169 Å². The average molecular weight is 403 g/mol. The summed E-state index contributed by atoms with van der Waals surface area (Å²) in [6.07, 6.45) is 1.75. The van der Waals surface area contributed by atoms with Crippen molar-refractivity contribution in [2.75, 3.05) is 31.6 Å². The maximum Gasteiger partial charge on any atom is 0.229 e. The second kappa shape index (κ2) is 9.14. The second-order valence-corrected chi connectivity index (χ2v) is 8.05. The van der Waals surface area contributed by atoms with Gasteiger partial charge in [-0.2, -0.15) is 0 Å². The Morgan fingerprint density at radius 2 is 2.07 bits per heavy atom. The van der Waals surface area contributed by atoms with Crippen LogP contribution < -0.4 is 9.64 Å². The SMILES string of the molecule is CCc1nnc(N2CC(C(=O)N(C)CCCOc3ccc(C)cc3)CC2=O)s1. The monoisotopic (exact) mass is 402 g/mol. The molecule has 0 saturated carbocycles. The summed E-state index contributed by atoms with van der Waals surface area (Å²) in [5.74, 6) is 0.435. The number of hydrogen-bond donors (Lipinski definition) is 0. The third-order valence-corrected chi connectivity index (χ3v) is 5.86. The smallest absolute Gasteiger partial charge is 0.229 e. The number of amides is 2. The molecule has 0 bridgehead atoms. The average Bonchev–Trinajstić information content (AvgIpc) is 3.32. The molecule has 28 heavy (non-hydrogen) atoms. The van der Waals surface area contributed by atoms with Crippen LogP contribution >= 0.6 is 11.3 Å². The molecular weight excluding hydrogens is 376 g/mol. The molecule has 7 nitrogen and oxygen atoms in total. The molecule has 1 fully saturated rings. The summed E-state index contributed by atoms with van der Waals surface area (Å²) in [5, 5.41) is 9.63. The zero-order valence-electron chi connectivity index (χ0n) is 16.6. The van der Waals surface area contributed by atoms with Gasteiger partial charge in [0.25, 0.3) is 0 Å². The number of carbonyl (C=O) groups is 2. The third-order valence-electron chi connectivity index (χ3n) is 4.77.